The van der Waals surface area contributed by atoms with Crippen LogP contribution in [-0.4, -0.2) is 18.7 Å². The van der Waals surface area contributed by atoms with Gasteiger partial charge in [-0.25, -0.2) is 4.39 Å². The van der Waals surface area contributed by atoms with Crippen LogP contribution in [0.3, 0.4) is 0 Å². The van der Waals surface area contributed by atoms with E-state index in [1.54, 1.807) is 0 Å². The molecule has 2 unspecified atom stereocenters. The number of halogens is 2. The largest absolute Gasteiger partial charge is 0.490 e. The highest BCUT2D eigenvalue weighted by Crippen LogP contribution is 2.43. The minimum absolute atomic E-state index is 0.0773. The molecule has 0 saturated heterocycles. The van der Waals surface area contributed by atoms with Crippen LogP contribution in [0, 0.1) is 11.2 Å². The molecule has 4 heteroatoms. The highest BCUT2D eigenvalue weighted by molar-refractivity contribution is 9.10. The quantitative estimate of drug-likeness (QED) is 0.876. The molecule has 0 heterocycles. The predicted molar refractivity (Wildman–Crippen MR) is 79.0 cm³/mol. The van der Waals surface area contributed by atoms with Crippen molar-refractivity contribution in [2.45, 2.75) is 45.8 Å². The van der Waals surface area contributed by atoms with Gasteiger partial charge in [-0.2, -0.15) is 0 Å². The van der Waals surface area contributed by atoms with Crippen LogP contribution in [0.15, 0.2) is 22.7 Å². The van der Waals surface area contributed by atoms with Crippen molar-refractivity contribution in [2.24, 2.45) is 5.41 Å². The highest BCUT2D eigenvalue weighted by Gasteiger charge is 2.49. The summed E-state index contributed by atoms with van der Waals surface area (Å²) in [6.07, 6.45) is 2.24. The summed E-state index contributed by atoms with van der Waals surface area (Å²) in [6.45, 7) is 7.59. The molecule has 0 spiro atoms. The standard InChI is InChI=1S/C15H21BrFNO/c1-4-5-18-13-9-14(15(13,2)3)19-12-7-10(16)6-11(17)8-12/h6-8,13-14,18H,4-5,9H2,1-3H3. The van der Waals surface area contributed by atoms with E-state index >= 15 is 0 Å². The van der Waals surface area contributed by atoms with E-state index in [0.29, 0.717) is 16.3 Å². The number of ether oxygens (including phenoxy) is 1. The smallest absolute Gasteiger partial charge is 0.128 e. The Bertz CT molecular complexity index is 430. The van der Waals surface area contributed by atoms with Crippen molar-refractivity contribution < 1.29 is 9.13 Å². The highest BCUT2D eigenvalue weighted by atomic mass is 79.9. The fourth-order valence-corrected chi connectivity index (χ4v) is 2.96. The molecule has 1 saturated carbocycles. The molecular formula is C15H21BrFNO. The lowest BCUT2D eigenvalue weighted by Gasteiger charge is -2.51. The van der Waals surface area contributed by atoms with Gasteiger partial charge in [0.1, 0.15) is 17.7 Å². The van der Waals surface area contributed by atoms with Gasteiger partial charge in [0.15, 0.2) is 0 Å². The van der Waals surface area contributed by atoms with Crippen LogP contribution < -0.4 is 10.1 Å². The molecule has 1 aromatic rings. The van der Waals surface area contributed by atoms with E-state index in [9.17, 15) is 4.39 Å². The SMILES string of the molecule is CCCNC1CC(Oc2cc(F)cc(Br)c2)C1(C)C. The first-order valence-electron chi connectivity index (χ1n) is 6.79. The van der Waals surface area contributed by atoms with Crippen LogP contribution in [0.4, 0.5) is 4.39 Å². The van der Waals surface area contributed by atoms with Crippen LogP contribution in [0.2, 0.25) is 0 Å². The van der Waals surface area contributed by atoms with Crippen LogP contribution in [-0.2, 0) is 0 Å². The normalized spacial score (nSPS) is 24.9. The Morgan fingerprint density at radius 2 is 2.16 bits per heavy atom. The summed E-state index contributed by atoms with van der Waals surface area (Å²) in [4.78, 5) is 0. The number of rotatable bonds is 5. The number of benzene rings is 1. The van der Waals surface area contributed by atoms with Crippen LogP contribution in [0.5, 0.6) is 5.75 Å². The van der Waals surface area contributed by atoms with Crippen molar-refractivity contribution in [1.29, 1.82) is 0 Å². The van der Waals surface area contributed by atoms with Crippen molar-refractivity contribution in [1.82, 2.24) is 5.32 Å². The number of nitrogens with one attached hydrogen (secondary N) is 1. The van der Waals surface area contributed by atoms with Crippen LogP contribution >= 0.6 is 15.9 Å². The molecule has 1 fully saturated rings. The monoisotopic (exact) mass is 329 g/mol. The van der Waals surface area contributed by atoms with E-state index in [-0.39, 0.29) is 17.3 Å². The molecule has 1 aliphatic carbocycles. The van der Waals surface area contributed by atoms with Gasteiger partial charge in [0.25, 0.3) is 0 Å². The Hall–Kier alpha value is -0.610. The first kappa shape index (κ1) is 14.8. The van der Waals surface area contributed by atoms with Gasteiger partial charge in [-0.15, -0.1) is 0 Å². The maximum atomic E-state index is 13.3. The van der Waals surface area contributed by atoms with Gasteiger partial charge in [-0.05, 0) is 25.1 Å². The molecule has 1 aliphatic rings. The maximum Gasteiger partial charge on any atom is 0.128 e. The molecule has 2 atom stereocenters. The van der Waals surface area contributed by atoms with Gasteiger partial charge in [-0.3, -0.25) is 0 Å². The van der Waals surface area contributed by atoms with Crippen molar-refractivity contribution in [2.75, 3.05) is 6.54 Å². The molecule has 2 nitrogen and oxygen atoms in total. The maximum absolute atomic E-state index is 13.3. The molecule has 0 aromatic heterocycles. The minimum atomic E-state index is -0.276. The third-order valence-electron chi connectivity index (χ3n) is 3.93. The average Bonchev–Trinajstić information content (AvgIpc) is 2.31. The summed E-state index contributed by atoms with van der Waals surface area (Å²) in [6, 6.07) is 5.17. The van der Waals surface area contributed by atoms with Crippen LogP contribution in [0.1, 0.15) is 33.6 Å². The summed E-state index contributed by atoms with van der Waals surface area (Å²) in [7, 11) is 0. The van der Waals surface area contributed by atoms with Gasteiger partial charge >= 0.3 is 0 Å². The van der Waals surface area contributed by atoms with Gasteiger partial charge in [0.05, 0.1) is 0 Å². The van der Waals surface area contributed by atoms with E-state index in [2.05, 4.69) is 42.0 Å². The Kier molecular flexibility index (Phi) is 4.51. The Balaban J connectivity index is 1.98. The molecular weight excluding hydrogens is 309 g/mol. The number of hydrogen-bond acceptors (Lipinski definition) is 2. The molecule has 0 radical (unpaired) electrons. The fraction of sp³-hybridized carbons (Fsp3) is 0.600. The Morgan fingerprint density at radius 3 is 2.74 bits per heavy atom. The van der Waals surface area contributed by atoms with E-state index < -0.39 is 0 Å². The molecule has 0 aliphatic heterocycles. The first-order chi connectivity index (χ1) is 8.93. The second-order valence-electron chi connectivity index (χ2n) is 5.78. The van der Waals surface area contributed by atoms with Crippen molar-refractivity contribution in [3.63, 3.8) is 0 Å². The Labute approximate surface area is 122 Å². The minimum Gasteiger partial charge on any atom is -0.490 e. The van der Waals surface area contributed by atoms with E-state index in [4.69, 9.17) is 4.74 Å². The van der Waals surface area contributed by atoms with Gasteiger partial charge < -0.3 is 10.1 Å². The van der Waals surface area contributed by atoms with Gasteiger partial charge in [-0.1, -0.05) is 36.7 Å². The molecule has 19 heavy (non-hydrogen) atoms. The number of hydrogen-bond donors (Lipinski definition) is 1. The molecule has 1 N–H and O–H groups in total. The van der Waals surface area contributed by atoms with E-state index in [1.807, 2.05) is 6.07 Å². The predicted octanol–water partition coefficient (Wildman–Crippen LogP) is 4.13. The summed E-state index contributed by atoms with van der Waals surface area (Å²) in [5, 5.41) is 3.53. The topological polar surface area (TPSA) is 21.3 Å². The van der Waals surface area contributed by atoms with E-state index in [0.717, 1.165) is 19.4 Å². The first-order valence-corrected chi connectivity index (χ1v) is 7.59. The molecule has 0 amide bonds. The summed E-state index contributed by atoms with van der Waals surface area (Å²) in [5.74, 6) is 0.320. The lowest BCUT2D eigenvalue weighted by atomic mass is 9.64. The van der Waals surface area contributed by atoms with Crippen molar-refractivity contribution >= 4 is 15.9 Å². The zero-order valence-corrected chi connectivity index (χ0v) is 13.3. The third kappa shape index (κ3) is 3.29. The average molecular weight is 330 g/mol. The zero-order chi connectivity index (χ0) is 14.0. The van der Waals surface area contributed by atoms with E-state index in [1.165, 1.54) is 12.1 Å². The van der Waals surface area contributed by atoms with Gasteiger partial charge in [0, 0.05) is 28.4 Å². The molecule has 106 valence electrons. The van der Waals surface area contributed by atoms with Crippen LogP contribution in [0.25, 0.3) is 0 Å². The second-order valence-corrected chi connectivity index (χ2v) is 6.69. The van der Waals surface area contributed by atoms with Crippen molar-refractivity contribution in [3.8, 4) is 5.75 Å². The molecule has 2 rings (SSSR count). The summed E-state index contributed by atoms with van der Waals surface area (Å²) >= 11 is 3.29. The molecule has 1 aromatic carbocycles. The lowest BCUT2D eigenvalue weighted by Crippen LogP contribution is -2.62. The molecule has 0 bridgehead atoms. The zero-order valence-electron chi connectivity index (χ0n) is 11.7. The third-order valence-corrected chi connectivity index (χ3v) is 4.39. The summed E-state index contributed by atoms with van der Waals surface area (Å²) in [5.41, 5.74) is 0.0773. The lowest BCUT2D eigenvalue weighted by molar-refractivity contribution is -0.0547. The summed E-state index contributed by atoms with van der Waals surface area (Å²) < 4.78 is 19.9. The Morgan fingerprint density at radius 1 is 1.42 bits per heavy atom. The fourth-order valence-electron chi connectivity index (χ4n) is 2.51. The second kappa shape index (κ2) is 5.80. The van der Waals surface area contributed by atoms with Gasteiger partial charge in [0.2, 0.25) is 0 Å². The van der Waals surface area contributed by atoms with Crippen molar-refractivity contribution in [3.05, 3.63) is 28.5 Å².